The first kappa shape index (κ1) is 43.5. The summed E-state index contributed by atoms with van der Waals surface area (Å²) in [6.45, 7) is 4.60. The number of hydrogen-bond donors (Lipinski definition) is 8. The number of amides is 5. The highest BCUT2D eigenvalue weighted by Crippen LogP contribution is 2.20. The summed E-state index contributed by atoms with van der Waals surface area (Å²) in [5, 5.41) is 20.5. The van der Waals surface area contributed by atoms with E-state index in [2.05, 4.69) is 21.3 Å². The van der Waals surface area contributed by atoms with Gasteiger partial charge in [0.15, 0.2) is 0 Å². The zero-order valence-corrected chi connectivity index (χ0v) is 31.4. The van der Waals surface area contributed by atoms with Crippen molar-refractivity contribution >= 4 is 35.5 Å². The maximum atomic E-state index is 13.9. The zero-order chi connectivity index (χ0) is 39.7. The lowest BCUT2D eigenvalue weighted by atomic mass is 9.89. The lowest BCUT2D eigenvalue weighted by molar-refractivity contribution is -0.147. The number of carboxylic acid groups (broad SMARTS) is 1. The molecule has 2 aromatic carbocycles. The topological polar surface area (TPSA) is 252 Å². The van der Waals surface area contributed by atoms with Crippen molar-refractivity contribution in [3.05, 3.63) is 71.8 Å². The van der Waals surface area contributed by atoms with E-state index in [1.165, 1.54) is 4.90 Å². The van der Waals surface area contributed by atoms with Crippen LogP contribution < -0.4 is 38.5 Å². The summed E-state index contributed by atoms with van der Waals surface area (Å²) < 4.78 is 0. The maximum Gasteiger partial charge on any atom is 0.323 e. The Hall–Kier alpha value is -4.86. The molecule has 1 aliphatic rings. The number of carboxylic acids is 1. The second-order valence-corrected chi connectivity index (χ2v) is 14.5. The van der Waals surface area contributed by atoms with Crippen LogP contribution in [0.15, 0.2) is 60.7 Å². The van der Waals surface area contributed by atoms with Crippen molar-refractivity contribution in [1.82, 2.24) is 26.2 Å². The molecule has 0 aromatic heterocycles. The Morgan fingerprint density at radius 2 is 1.30 bits per heavy atom. The number of benzene rings is 2. The fourth-order valence-corrected chi connectivity index (χ4v) is 6.25. The first-order valence-corrected chi connectivity index (χ1v) is 18.7. The maximum absolute atomic E-state index is 13.9. The van der Waals surface area contributed by atoms with Crippen LogP contribution in [0.4, 0.5) is 0 Å². The molecule has 1 fully saturated rings. The number of piperidine rings is 1. The van der Waals surface area contributed by atoms with Gasteiger partial charge in [-0.1, -0.05) is 74.5 Å². The molecule has 54 heavy (non-hydrogen) atoms. The molecule has 3 rings (SSSR count). The highest BCUT2D eigenvalue weighted by molar-refractivity contribution is 5.95. The molecule has 11 N–H and O–H groups in total. The second kappa shape index (κ2) is 21.7. The number of nitrogens with zero attached hydrogens (tertiary/aromatic N) is 1. The van der Waals surface area contributed by atoms with Gasteiger partial charge in [0.05, 0.1) is 6.04 Å². The quantitative estimate of drug-likeness (QED) is 0.0813. The van der Waals surface area contributed by atoms with Gasteiger partial charge in [-0.05, 0) is 68.5 Å². The lowest BCUT2D eigenvalue weighted by Crippen LogP contribution is -2.58. The molecule has 1 heterocycles. The Morgan fingerprint density at radius 1 is 0.759 bits per heavy atom. The molecule has 4 atom stereocenters. The third kappa shape index (κ3) is 14.2. The fourth-order valence-electron chi connectivity index (χ4n) is 6.25. The monoisotopic (exact) mass is 750 g/mol. The van der Waals surface area contributed by atoms with Crippen LogP contribution in [-0.2, 0) is 41.6 Å². The number of carbonyl (C=O) groups is 6. The number of hydrogen-bond acceptors (Lipinski definition) is 9. The van der Waals surface area contributed by atoms with E-state index >= 15 is 0 Å². The van der Waals surface area contributed by atoms with Crippen LogP contribution >= 0.6 is 0 Å². The molecule has 2 aromatic rings. The second-order valence-electron chi connectivity index (χ2n) is 14.5. The van der Waals surface area contributed by atoms with E-state index in [0.29, 0.717) is 19.4 Å². The van der Waals surface area contributed by atoms with E-state index in [9.17, 15) is 33.9 Å². The van der Waals surface area contributed by atoms with Crippen LogP contribution in [0.1, 0.15) is 69.9 Å². The number of unbranched alkanes of at least 4 members (excludes halogenated alkanes) is 1. The molecular formula is C39H58N8O7. The number of likely N-dealkylation sites (tertiary alicyclic amines) is 1. The van der Waals surface area contributed by atoms with Crippen LogP contribution in [-0.4, -0.2) is 101 Å². The number of carbonyl (C=O) groups excluding carboxylic acids is 5. The summed E-state index contributed by atoms with van der Waals surface area (Å²) in [5.74, 6) is -3.51. The summed E-state index contributed by atoms with van der Waals surface area (Å²) in [5.41, 5.74) is 18.2. The van der Waals surface area contributed by atoms with Crippen molar-refractivity contribution in [2.24, 2.45) is 23.1 Å². The van der Waals surface area contributed by atoms with Crippen molar-refractivity contribution in [3.63, 3.8) is 0 Å². The number of rotatable bonds is 21. The molecular weight excluding hydrogens is 692 g/mol. The largest absolute Gasteiger partial charge is 0.480 e. The van der Waals surface area contributed by atoms with Gasteiger partial charge in [0.25, 0.3) is 0 Å². The first-order valence-electron chi connectivity index (χ1n) is 18.7. The highest BCUT2D eigenvalue weighted by atomic mass is 16.4. The molecule has 0 aliphatic carbocycles. The minimum Gasteiger partial charge on any atom is -0.480 e. The van der Waals surface area contributed by atoms with Crippen LogP contribution in [0.3, 0.4) is 0 Å². The van der Waals surface area contributed by atoms with Gasteiger partial charge in [-0.25, -0.2) is 0 Å². The van der Waals surface area contributed by atoms with Gasteiger partial charge in [-0.3, -0.25) is 28.8 Å². The Labute approximate surface area is 317 Å². The van der Waals surface area contributed by atoms with E-state index in [4.69, 9.17) is 17.2 Å². The molecule has 1 aliphatic heterocycles. The highest BCUT2D eigenvalue weighted by Gasteiger charge is 2.39. The van der Waals surface area contributed by atoms with Crippen molar-refractivity contribution in [2.45, 2.75) is 101 Å². The summed E-state index contributed by atoms with van der Waals surface area (Å²) in [6.07, 6.45) is 2.35. The lowest BCUT2D eigenvalue weighted by Gasteiger charge is -2.36. The van der Waals surface area contributed by atoms with Crippen molar-refractivity contribution in [1.29, 1.82) is 0 Å². The minimum absolute atomic E-state index is 0.00353. The zero-order valence-electron chi connectivity index (χ0n) is 31.4. The SMILES string of the molecule is CC(C)C[C@@H](NC(=O)[C@@H](Cc1ccccc1)NC(=O)[C@H](N)Cc1ccccc1)C(=O)N[C@H](CCCCN)C(=O)NCCC(=O)N1CCC(N)(C(=O)O)CC1. The molecule has 15 nitrogen and oxygen atoms in total. The molecule has 5 amide bonds. The number of nitrogens with two attached hydrogens (primary N) is 3. The molecule has 0 radical (unpaired) electrons. The molecule has 296 valence electrons. The fraction of sp³-hybridized carbons (Fsp3) is 0.538. The van der Waals surface area contributed by atoms with Crippen LogP contribution in [0.2, 0.25) is 0 Å². The summed E-state index contributed by atoms with van der Waals surface area (Å²) >= 11 is 0. The molecule has 0 saturated carbocycles. The van der Waals surface area contributed by atoms with Crippen LogP contribution in [0.5, 0.6) is 0 Å². The van der Waals surface area contributed by atoms with Crippen molar-refractivity contribution in [3.8, 4) is 0 Å². The molecule has 0 spiro atoms. The summed E-state index contributed by atoms with van der Waals surface area (Å²) in [7, 11) is 0. The Bertz CT molecular complexity index is 1530. The minimum atomic E-state index is -1.36. The summed E-state index contributed by atoms with van der Waals surface area (Å²) in [4.78, 5) is 80.1. The van der Waals surface area contributed by atoms with E-state index in [1.54, 1.807) is 0 Å². The Kier molecular flexibility index (Phi) is 17.5. The van der Waals surface area contributed by atoms with Gasteiger partial charge in [0.1, 0.15) is 23.7 Å². The van der Waals surface area contributed by atoms with Gasteiger partial charge in [0, 0.05) is 32.5 Å². The Balaban J connectivity index is 1.67. The van der Waals surface area contributed by atoms with E-state index in [0.717, 1.165) is 11.1 Å². The smallest absolute Gasteiger partial charge is 0.323 e. The van der Waals surface area contributed by atoms with Gasteiger partial charge in [0.2, 0.25) is 29.5 Å². The third-order valence-corrected chi connectivity index (χ3v) is 9.54. The number of nitrogens with one attached hydrogen (secondary N) is 4. The Morgan fingerprint density at radius 3 is 1.85 bits per heavy atom. The van der Waals surface area contributed by atoms with Gasteiger partial charge < -0.3 is 48.5 Å². The average Bonchev–Trinajstić information content (AvgIpc) is 3.14. The van der Waals surface area contributed by atoms with E-state index in [-0.39, 0.29) is 76.4 Å². The number of aliphatic carboxylic acids is 1. The van der Waals surface area contributed by atoms with E-state index < -0.39 is 59.3 Å². The standard InChI is InChI=1S/C39H58N8O7/c1-26(2)23-31(46-37(52)32(25-28-13-7-4-8-14-28)45-34(49)29(41)24-27-11-5-3-6-12-27)36(51)44-30(15-9-10-19-40)35(50)43-20-16-33(48)47-21-17-39(42,18-22-47)38(53)54/h3-8,11-14,26,29-32H,9-10,15-25,40-42H2,1-2H3,(H,43,50)(H,44,51)(H,45,49)(H,46,52)(H,53,54)/t29-,30-,31-,32-/m1/s1. The third-order valence-electron chi connectivity index (χ3n) is 9.54. The van der Waals surface area contributed by atoms with Crippen LogP contribution in [0, 0.1) is 5.92 Å². The molecule has 0 bridgehead atoms. The summed E-state index contributed by atoms with van der Waals surface area (Å²) in [6, 6.07) is 14.5. The van der Waals surface area contributed by atoms with Crippen molar-refractivity contribution in [2.75, 3.05) is 26.2 Å². The first-order chi connectivity index (χ1) is 25.7. The predicted molar refractivity (Wildman–Crippen MR) is 204 cm³/mol. The van der Waals surface area contributed by atoms with Crippen LogP contribution in [0.25, 0.3) is 0 Å². The molecule has 1 saturated heterocycles. The van der Waals surface area contributed by atoms with Crippen molar-refractivity contribution < 1.29 is 33.9 Å². The van der Waals surface area contributed by atoms with Gasteiger partial charge >= 0.3 is 5.97 Å². The average molecular weight is 751 g/mol. The molecule has 0 unspecified atom stereocenters. The van der Waals surface area contributed by atoms with Gasteiger partial charge in [-0.2, -0.15) is 0 Å². The predicted octanol–water partition coefficient (Wildman–Crippen LogP) is 0.339. The molecule has 15 heteroatoms. The normalized spacial score (nSPS) is 16.0. The van der Waals surface area contributed by atoms with E-state index in [1.807, 2.05) is 74.5 Å². The van der Waals surface area contributed by atoms with Gasteiger partial charge in [-0.15, -0.1) is 0 Å².